The Hall–Kier alpha value is -2.55. The quantitative estimate of drug-likeness (QED) is 0.680. The molecule has 1 aliphatic heterocycles. The number of aryl methyl sites for hydroxylation is 1. The molecule has 0 spiro atoms. The highest BCUT2D eigenvalue weighted by atomic mass is 32.2. The fourth-order valence-corrected chi connectivity index (χ4v) is 4.91. The minimum Gasteiger partial charge on any atom is -0.507 e. The third kappa shape index (κ3) is 3.51. The largest absolute Gasteiger partial charge is 0.507 e. The Balaban J connectivity index is 1.76. The van der Waals surface area contributed by atoms with Gasteiger partial charge in [0.15, 0.2) is 11.5 Å². The zero-order valence-electron chi connectivity index (χ0n) is 14.4. The Morgan fingerprint density at radius 1 is 1.11 bits per heavy atom. The van der Waals surface area contributed by atoms with Crippen LogP contribution in [-0.2, 0) is 10.0 Å². The molecule has 6 nitrogen and oxygen atoms in total. The zero-order chi connectivity index (χ0) is 19.0. The van der Waals surface area contributed by atoms with Crippen LogP contribution in [0.25, 0.3) is 0 Å². The molecule has 2 heterocycles. The van der Waals surface area contributed by atoms with Crippen molar-refractivity contribution < 1.29 is 23.0 Å². The molecule has 140 valence electrons. The van der Waals surface area contributed by atoms with Crippen LogP contribution in [0.1, 0.15) is 22.0 Å². The van der Waals surface area contributed by atoms with Gasteiger partial charge in [0.1, 0.15) is 5.75 Å². The third-order valence-corrected chi connectivity index (χ3v) is 6.64. The molecule has 0 bridgehead atoms. The van der Waals surface area contributed by atoms with Crippen LogP contribution in [0.15, 0.2) is 58.8 Å². The van der Waals surface area contributed by atoms with Crippen LogP contribution in [0, 0.1) is 6.92 Å². The summed E-state index contributed by atoms with van der Waals surface area (Å²) < 4.78 is 39.2. The normalized spacial score (nSPS) is 14.3. The van der Waals surface area contributed by atoms with E-state index in [0.29, 0.717) is 17.1 Å². The standard InChI is InChI=1S/C19H17NO5S2/c1-12-4-6-13(7-5-12)27(22,23)20-19(18-3-2-8-26-18)14-9-16-17(10-15(14)21)25-11-24-16/h2-10,19-21H,11H2,1H3. The summed E-state index contributed by atoms with van der Waals surface area (Å²) in [5.41, 5.74) is 1.37. The fraction of sp³-hybridized carbons (Fsp3) is 0.158. The summed E-state index contributed by atoms with van der Waals surface area (Å²) in [5.74, 6) is 0.839. The predicted molar refractivity (Wildman–Crippen MR) is 102 cm³/mol. The van der Waals surface area contributed by atoms with Crippen molar-refractivity contribution in [3.05, 3.63) is 69.9 Å². The number of thiophene rings is 1. The fourth-order valence-electron chi connectivity index (χ4n) is 2.85. The van der Waals surface area contributed by atoms with Crippen LogP contribution in [0.5, 0.6) is 17.2 Å². The molecule has 8 heteroatoms. The molecule has 0 aliphatic carbocycles. The van der Waals surface area contributed by atoms with Gasteiger partial charge in [-0.1, -0.05) is 23.8 Å². The van der Waals surface area contributed by atoms with E-state index in [1.54, 1.807) is 30.3 Å². The number of phenols is 1. The van der Waals surface area contributed by atoms with E-state index in [0.717, 1.165) is 10.4 Å². The van der Waals surface area contributed by atoms with Gasteiger partial charge in [-0.05, 0) is 36.6 Å². The summed E-state index contributed by atoms with van der Waals surface area (Å²) in [6.07, 6.45) is 0. The van der Waals surface area contributed by atoms with Gasteiger partial charge in [0.2, 0.25) is 16.8 Å². The van der Waals surface area contributed by atoms with Gasteiger partial charge in [0.25, 0.3) is 0 Å². The van der Waals surface area contributed by atoms with Gasteiger partial charge in [-0.2, -0.15) is 4.72 Å². The minimum atomic E-state index is -3.81. The highest BCUT2D eigenvalue weighted by Crippen LogP contribution is 2.42. The molecule has 3 aromatic rings. The number of nitrogens with one attached hydrogen (secondary N) is 1. The smallest absolute Gasteiger partial charge is 0.241 e. The molecule has 0 radical (unpaired) electrons. The number of phenolic OH excluding ortho intramolecular Hbond substituents is 1. The zero-order valence-corrected chi connectivity index (χ0v) is 16.0. The summed E-state index contributed by atoms with van der Waals surface area (Å²) >= 11 is 1.40. The minimum absolute atomic E-state index is 0.0655. The molecule has 4 rings (SSSR count). The van der Waals surface area contributed by atoms with E-state index in [9.17, 15) is 13.5 Å². The van der Waals surface area contributed by atoms with Crippen molar-refractivity contribution in [3.8, 4) is 17.2 Å². The number of aromatic hydroxyl groups is 1. The van der Waals surface area contributed by atoms with Crippen molar-refractivity contribution in [3.63, 3.8) is 0 Å². The van der Waals surface area contributed by atoms with Crippen molar-refractivity contribution in [2.75, 3.05) is 6.79 Å². The van der Waals surface area contributed by atoms with Gasteiger partial charge in [-0.15, -0.1) is 11.3 Å². The first-order valence-electron chi connectivity index (χ1n) is 8.19. The summed E-state index contributed by atoms with van der Waals surface area (Å²) in [6.45, 7) is 1.96. The topological polar surface area (TPSA) is 84.9 Å². The maximum absolute atomic E-state index is 12.9. The molecule has 1 unspecified atom stereocenters. The van der Waals surface area contributed by atoms with Crippen LogP contribution in [0.4, 0.5) is 0 Å². The van der Waals surface area contributed by atoms with Crippen LogP contribution < -0.4 is 14.2 Å². The molecule has 0 saturated carbocycles. The Labute approximate surface area is 161 Å². The summed E-state index contributed by atoms with van der Waals surface area (Å²) in [7, 11) is -3.81. The second kappa shape index (κ2) is 6.88. The number of rotatable bonds is 5. The van der Waals surface area contributed by atoms with Crippen LogP contribution >= 0.6 is 11.3 Å². The van der Waals surface area contributed by atoms with Crippen molar-refractivity contribution in [2.45, 2.75) is 17.9 Å². The van der Waals surface area contributed by atoms with Crippen molar-refractivity contribution in [1.29, 1.82) is 0 Å². The first-order chi connectivity index (χ1) is 12.9. The number of benzene rings is 2. The molecule has 1 atom stereocenters. The summed E-state index contributed by atoms with van der Waals surface area (Å²) in [5, 5.41) is 12.3. The average Bonchev–Trinajstić information content (AvgIpc) is 3.31. The van der Waals surface area contributed by atoms with Crippen molar-refractivity contribution in [1.82, 2.24) is 4.72 Å². The van der Waals surface area contributed by atoms with Crippen LogP contribution in [-0.4, -0.2) is 20.3 Å². The van der Waals surface area contributed by atoms with Gasteiger partial charge in [0, 0.05) is 16.5 Å². The van der Waals surface area contributed by atoms with Gasteiger partial charge in [0.05, 0.1) is 10.9 Å². The number of hydrogen-bond donors (Lipinski definition) is 2. The van der Waals surface area contributed by atoms with E-state index < -0.39 is 16.1 Å². The summed E-state index contributed by atoms with van der Waals surface area (Å²) in [4.78, 5) is 0.912. The molecular formula is C19H17NO5S2. The Morgan fingerprint density at radius 2 is 1.81 bits per heavy atom. The van der Waals surface area contributed by atoms with Crippen molar-refractivity contribution in [2.24, 2.45) is 0 Å². The van der Waals surface area contributed by atoms with E-state index >= 15 is 0 Å². The lowest BCUT2D eigenvalue weighted by Crippen LogP contribution is -2.29. The summed E-state index contributed by atoms with van der Waals surface area (Å²) in [6, 6.07) is 12.5. The first kappa shape index (κ1) is 17.8. The first-order valence-corrected chi connectivity index (χ1v) is 10.6. The average molecular weight is 403 g/mol. The van der Waals surface area contributed by atoms with E-state index in [1.807, 2.05) is 24.4 Å². The lowest BCUT2D eigenvalue weighted by molar-refractivity contribution is 0.174. The molecule has 0 fully saturated rings. The number of hydrogen-bond acceptors (Lipinski definition) is 6. The predicted octanol–water partition coefficient (Wildman–Crippen LogP) is 3.56. The van der Waals surface area contributed by atoms with E-state index in [-0.39, 0.29) is 17.4 Å². The molecule has 0 amide bonds. The Bertz CT molecular complexity index is 1060. The van der Waals surface area contributed by atoms with Gasteiger partial charge >= 0.3 is 0 Å². The molecule has 27 heavy (non-hydrogen) atoms. The maximum Gasteiger partial charge on any atom is 0.241 e. The molecule has 1 aromatic heterocycles. The Kier molecular flexibility index (Phi) is 4.55. The number of sulfonamides is 1. The highest BCUT2D eigenvalue weighted by Gasteiger charge is 2.28. The van der Waals surface area contributed by atoms with Crippen molar-refractivity contribution >= 4 is 21.4 Å². The van der Waals surface area contributed by atoms with E-state index in [4.69, 9.17) is 9.47 Å². The Morgan fingerprint density at radius 3 is 2.48 bits per heavy atom. The van der Waals surface area contributed by atoms with Gasteiger partial charge in [-0.3, -0.25) is 0 Å². The van der Waals surface area contributed by atoms with Crippen LogP contribution in [0.2, 0.25) is 0 Å². The third-order valence-electron chi connectivity index (χ3n) is 4.26. The second-order valence-electron chi connectivity index (χ2n) is 6.15. The van der Waals surface area contributed by atoms with Gasteiger partial charge in [-0.25, -0.2) is 8.42 Å². The number of ether oxygens (including phenoxy) is 2. The van der Waals surface area contributed by atoms with Gasteiger partial charge < -0.3 is 14.6 Å². The van der Waals surface area contributed by atoms with Crippen LogP contribution in [0.3, 0.4) is 0 Å². The monoisotopic (exact) mass is 403 g/mol. The second-order valence-corrected chi connectivity index (χ2v) is 8.84. The highest BCUT2D eigenvalue weighted by molar-refractivity contribution is 7.89. The number of fused-ring (bicyclic) bond motifs is 1. The van der Waals surface area contributed by atoms with E-state index in [2.05, 4.69) is 4.72 Å². The molecule has 2 aromatic carbocycles. The maximum atomic E-state index is 12.9. The molecule has 2 N–H and O–H groups in total. The van der Waals surface area contributed by atoms with E-state index in [1.165, 1.54) is 17.4 Å². The SMILES string of the molecule is Cc1ccc(S(=O)(=O)NC(c2cccs2)c2cc3c(cc2O)OCO3)cc1. The molecule has 0 saturated heterocycles. The molecular weight excluding hydrogens is 386 g/mol. The lowest BCUT2D eigenvalue weighted by atomic mass is 10.0. The molecule has 1 aliphatic rings. The lowest BCUT2D eigenvalue weighted by Gasteiger charge is -2.20.